The van der Waals surface area contributed by atoms with Gasteiger partial charge < -0.3 is 0 Å². The molecule has 4 rings (SSSR count). The van der Waals surface area contributed by atoms with E-state index in [-0.39, 0.29) is 5.91 Å². The molecule has 0 radical (unpaired) electrons. The van der Waals surface area contributed by atoms with Gasteiger partial charge in [-0.2, -0.15) is 10.1 Å². The number of hydrazone groups is 1. The summed E-state index contributed by atoms with van der Waals surface area (Å²) in [5.74, 6) is -0.559. The molecule has 4 nitrogen and oxygen atoms in total. The SMILES string of the molecule is CC1=NN(c2ccc(Br)cc2)C(=O)C1C=Nc1ccc(Br)c2ccccc12. The molecule has 1 aliphatic heterocycles. The Morgan fingerprint density at radius 1 is 1.00 bits per heavy atom. The van der Waals surface area contributed by atoms with E-state index in [1.165, 1.54) is 5.01 Å². The molecule has 1 heterocycles. The number of hydrogen-bond acceptors (Lipinski definition) is 3. The molecular weight excluding hydrogens is 470 g/mol. The third kappa shape index (κ3) is 3.47. The molecule has 1 aliphatic rings. The summed E-state index contributed by atoms with van der Waals surface area (Å²) in [6.45, 7) is 1.85. The van der Waals surface area contributed by atoms with Crippen molar-refractivity contribution in [3.05, 3.63) is 69.6 Å². The van der Waals surface area contributed by atoms with Crippen LogP contribution in [0.15, 0.2) is 79.7 Å². The smallest absolute Gasteiger partial charge is 0.261 e. The van der Waals surface area contributed by atoms with Crippen LogP contribution in [0, 0.1) is 5.92 Å². The minimum Gasteiger partial charge on any atom is -0.271 e. The first-order valence-electron chi connectivity index (χ1n) is 8.40. The molecule has 3 aromatic rings. The second-order valence-electron chi connectivity index (χ2n) is 6.24. The minimum absolute atomic E-state index is 0.0972. The van der Waals surface area contributed by atoms with E-state index in [2.05, 4.69) is 42.0 Å². The van der Waals surface area contributed by atoms with Crippen LogP contribution in [0.2, 0.25) is 0 Å². The molecule has 1 unspecified atom stereocenters. The first kappa shape index (κ1) is 18.1. The highest BCUT2D eigenvalue weighted by Gasteiger charge is 2.33. The van der Waals surface area contributed by atoms with Crippen LogP contribution in [0.1, 0.15) is 6.92 Å². The quantitative estimate of drug-likeness (QED) is 0.414. The molecule has 1 atom stereocenters. The van der Waals surface area contributed by atoms with Gasteiger partial charge in [-0.25, -0.2) is 0 Å². The van der Waals surface area contributed by atoms with Gasteiger partial charge in [-0.15, -0.1) is 0 Å². The summed E-state index contributed by atoms with van der Waals surface area (Å²) in [5.41, 5.74) is 2.30. The molecule has 0 saturated carbocycles. The number of aliphatic imine (C=N–C) groups is 1. The van der Waals surface area contributed by atoms with Crippen molar-refractivity contribution >= 4 is 71.8 Å². The second kappa shape index (κ2) is 7.37. The summed E-state index contributed by atoms with van der Waals surface area (Å²) in [7, 11) is 0. The van der Waals surface area contributed by atoms with Gasteiger partial charge in [0.05, 0.1) is 17.1 Å². The average Bonchev–Trinajstić information content (AvgIpc) is 2.96. The lowest BCUT2D eigenvalue weighted by Gasteiger charge is -2.12. The van der Waals surface area contributed by atoms with Crippen LogP contribution in [0.3, 0.4) is 0 Å². The molecule has 0 aromatic heterocycles. The fraction of sp³-hybridized carbons (Fsp3) is 0.0952. The van der Waals surface area contributed by atoms with Crippen LogP contribution >= 0.6 is 31.9 Å². The zero-order valence-electron chi connectivity index (χ0n) is 14.4. The van der Waals surface area contributed by atoms with Gasteiger partial charge in [0.1, 0.15) is 5.92 Å². The van der Waals surface area contributed by atoms with E-state index in [1.54, 1.807) is 6.21 Å². The molecule has 27 heavy (non-hydrogen) atoms. The summed E-state index contributed by atoms with van der Waals surface area (Å²) in [4.78, 5) is 17.5. The number of halogens is 2. The van der Waals surface area contributed by atoms with Gasteiger partial charge in [-0.05, 0) is 48.7 Å². The zero-order chi connectivity index (χ0) is 19.0. The van der Waals surface area contributed by atoms with Gasteiger partial charge in [0.2, 0.25) is 0 Å². The van der Waals surface area contributed by atoms with Crippen molar-refractivity contribution in [2.45, 2.75) is 6.92 Å². The third-order valence-electron chi connectivity index (χ3n) is 4.46. The van der Waals surface area contributed by atoms with Gasteiger partial charge >= 0.3 is 0 Å². The Bertz CT molecular complexity index is 1090. The third-order valence-corrected chi connectivity index (χ3v) is 5.68. The van der Waals surface area contributed by atoms with Crippen molar-refractivity contribution in [1.82, 2.24) is 0 Å². The van der Waals surface area contributed by atoms with E-state index in [4.69, 9.17) is 0 Å². The minimum atomic E-state index is -0.462. The largest absolute Gasteiger partial charge is 0.271 e. The van der Waals surface area contributed by atoms with E-state index in [0.717, 1.165) is 36.8 Å². The first-order valence-corrected chi connectivity index (χ1v) is 9.99. The molecule has 1 amide bonds. The van der Waals surface area contributed by atoms with E-state index >= 15 is 0 Å². The summed E-state index contributed by atoms with van der Waals surface area (Å²) in [6, 6.07) is 19.5. The number of carbonyl (C=O) groups is 1. The van der Waals surface area contributed by atoms with Gasteiger partial charge in [-0.3, -0.25) is 9.79 Å². The standard InChI is InChI=1S/C21H15Br2N3O/c1-13-18(21(27)26(25-13)15-8-6-14(22)7-9-15)12-24-20-11-10-19(23)16-4-2-3-5-17(16)20/h2-12,18H,1H3. The molecule has 134 valence electrons. The predicted octanol–water partition coefficient (Wildman–Crippen LogP) is 6.11. The lowest BCUT2D eigenvalue weighted by atomic mass is 10.1. The van der Waals surface area contributed by atoms with Crippen LogP contribution in [0.4, 0.5) is 11.4 Å². The van der Waals surface area contributed by atoms with Gasteiger partial charge in [0.25, 0.3) is 5.91 Å². The van der Waals surface area contributed by atoms with Crippen molar-refractivity contribution < 1.29 is 4.79 Å². The Morgan fingerprint density at radius 3 is 2.44 bits per heavy atom. The lowest BCUT2D eigenvalue weighted by molar-refractivity contribution is -0.118. The monoisotopic (exact) mass is 483 g/mol. The molecule has 0 fully saturated rings. The summed E-state index contributed by atoms with van der Waals surface area (Å²) < 4.78 is 1.98. The molecule has 0 aliphatic carbocycles. The van der Waals surface area contributed by atoms with Crippen molar-refractivity contribution in [1.29, 1.82) is 0 Å². The molecular formula is C21H15Br2N3O. The van der Waals surface area contributed by atoms with Gasteiger partial charge in [0.15, 0.2) is 0 Å². The molecule has 0 N–H and O–H groups in total. The van der Waals surface area contributed by atoms with Crippen LogP contribution in [0.25, 0.3) is 10.8 Å². The van der Waals surface area contributed by atoms with Gasteiger partial charge in [0, 0.05) is 20.5 Å². The van der Waals surface area contributed by atoms with Crippen LogP contribution in [0.5, 0.6) is 0 Å². The maximum absolute atomic E-state index is 12.8. The van der Waals surface area contributed by atoms with Crippen molar-refractivity contribution in [2.75, 3.05) is 5.01 Å². The van der Waals surface area contributed by atoms with E-state index in [0.29, 0.717) is 0 Å². The Morgan fingerprint density at radius 2 is 1.70 bits per heavy atom. The average molecular weight is 485 g/mol. The summed E-state index contributed by atoms with van der Waals surface area (Å²) >= 11 is 6.98. The number of nitrogens with zero attached hydrogens (tertiary/aromatic N) is 3. The molecule has 0 spiro atoms. The fourth-order valence-corrected chi connectivity index (χ4v) is 3.77. The van der Waals surface area contributed by atoms with E-state index < -0.39 is 5.92 Å². The number of rotatable bonds is 3. The number of anilines is 1. The van der Waals surface area contributed by atoms with Crippen LogP contribution < -0.4 is 5.01 Å². The molecule has 6 heteroatoms. The van der Waals surface area contributed by atoms with E-state index in [9.17, 15) is 4.79 Å². The number of amides is 1. The number of fused-ring (bicyclic) bond motifs is 1. The molecule has 0 bridgehead atoms. The Hall–Kier alpha value is -2.31. The summed E-state index contributed by atoms with van der Waals surface area (Å²) in [5, 5.41) is 7.99. The highest BCUT2D eigenvalue weighted by atomic mass is 79.9. The van der Waals surface area contributed by atoms with Crippen molar-refractivity contribution in [2.24, 2.45) is 16.0 Å². The topological polar surface area (TPSA) is 45.0 Å². The number of hydrogen-bond donors (Lipinski definition) is 0. The van der Waals surface area contributed by atoms with Gasteiger partial charge in [-0.1, -0.05) is 56.1 Å². The second-order valence-corrected chi connectivity index (χ2v) is 8.01. The van der Waals surface area contributed by atoms with Crippen molar-refractivity contribution in [3.8, 4) is 0 Å². The fourth-order valence-electron chi connectivity index (χ4n) is 3.03. The van der Waals surface area contributed by atoms with Crippen LogP contribution in [-0.4, -0.2) is 17.8 Å². The Kier molecular flexibility index (Phi) is 4.93. The van der Waals surface area contributed by atoms with Crippen molar-refractivity contribution in [3.63, 3.8) is 0 Å². The number of benzene rings is 3. The zero-order valence-corrected chi connectivity index (χ0v) is 17.6. The lowest BCUT2D eigenvalue weighted by Crippen LogP contribution is -2.27. The Labute approximate surface area is 173 Å². The first-order chi connectivity index (χ1) is 13.0. The highest BCUT2D eigenvalue weighted by molar-refractivity contribution is 9.11. The molecule has 3 aromatic carbocycles. The van der Waals surface area contributed by atoms with E-state index in [1.807, 2.05) is 67.6 Å². The Balaban J connectivity index is 1.64. The summed E-state index contributed by atoms with van der Waals surface area (Å²) in [6.07, 6.45) is 1.69. The van der Waals surface area contributed by atoms with Crippen LogP contribution in [-0.2, 0) is 4.79 Å². The maximum atomic E-state index is 12.8. The normalized spacial score (nSPS) is 17.1. The maximum Gasteiger partial charge on any atom is 0.261 e. The number of carbonyl (C=O) groups excluding carboxylic acids is 1. The molecule has 0 saturated heterocycles. The predicted molar refractivity (Wildman–Crippen MR) is 118 cm³/mol. The highest BCUT2D eigenvalue weighted by Crippen LogP contribution is 2.32.